The first kappa shape index (κ1) is 13.1. The molecule has 7 heteroatoms. The van der Waals surface area contributed by atoms with E-state index in [1.807, 2.05) is 13.8 Å². The van der Waals surface area contributed by atoms with Gasteiger partial charge in [-0.2, -0.15) is 0 Å². The third-order valence-corrected chi connectivity index (χ3v) is 5.30. The summed E-state index contributed by atoms with van der Waals surface area (Å²) in [6, 6.07) is 1.47. The Morgan fingerprint density at radius 3 is 2.72 bits per heavy atom. The van der Waals surface area contributed by atoms with Gasteiger partial charge in [-0.1, -0.05) is 19.0 Å². The monoisotopic (exact) mass is 272 g/mol. The third kappa shape index (κ3) is 2.55. The maximum absolute atomic E-state index is 11.9. The normalized spacial score (nSPS) is 16.9. The van der Waals surface area contributed by atoms with Crippen molar-refractivity contribution in [2.75, 3.05) is 18.8 Å². The number of aromatic nitrogens is 1. The van der Waals surface area contributed by atoms with Crippen molar-refractivity contribution in [3.8, 4) is 0 Å². The zero-order chi connectivity index (χ0) is 13.3. The van der Waals surface area contributed by atoms with Gasteiger partial charge in [0.25, 0.3) is 5.91 Å². The fourth-order valence-corrected chi connectivity index (χ4v) is 3.93. The molecule has 0 atom stereocenters. The minimum Gasteiger partial charge on any atom is -0.351 e. The largest absolute Gasteiger partial charge is 0.351 e. The van der Waals surface area contributed by atoms with Crippen LogP contribution in [0.3, 0.4) is 0 Å². The second-order valence-corrected chi connectivity index (χ2v) is 7.26. The summed E-state index contributed by atoms with van der Waals surface area (Å²) in [5.41, 5.74) is 0. The molecule has 0 spiro atoms. The Balaban J connectivity index is 1.93. The fourth-order valence-electron chi connectivity index (χ4n) is 1.91. The van der Waals surface area contributed by atoms with Gasteiger partial charge in [0.15, 0.2) is 9.84 Å². The molecule has 100 valence electrons. The number of likely N-dealkylation sites (tertiary alicyclic amines) is 1. The topological polar surface area (TPSA) is 80.5 Å². The third-order valence-electron chi connectivity index (χ3n) is 2.86. The molecule has 0 N–H and O–H groups in total. The molecule has 1 aliphatic heterocycles. The number of carbonyl (C=O) groups excluding carboxylic acids is 1. The van der Waals surface area contributed by atoms with Crippen LogP contribution in [0.1, 0.15) is 24.4 Å². The summed E-state index contributed by atoms with van der Waals surface area (Å²) in [4.78, 5) is 13.2. The highest BCUT2D eigenvalue weighted by Crippen LogP contribution is 2.21. The Kier molecular flexibility index (Phi) is 3.43. The van der Waals surface area contributed by atoms with E-state index in [1.165, 1.54) is 17.2 Å². The van der Waals surface area contributed by atoms with Crippen LogP contribution < -0.4 is 0 Å². The van der Waals surface area contributed by atoms with Crippen LogP contribution >= 0.6 is 0 Å². The Morgan fingerprint density at radius 2 is 2.22 bits per heavy atom. The summed E-state index contributed by atoms with van der Waals surface area (Å²) in [6.07, 6.45) is 1.39. The van der Waals surface area contributed by atoms with Crippen molar-refractivity contribution < 1.29 is 17.7 Å². The first-order valence-corrected chi connectivity index (χ1v) is 7.53. The second kappa shape index (κ2) is 4.72. The summed E-state index contributed by atoms with van der Waals surface area (Å²) in [5.74, 6) is 0.120. The Hall–Kier alpha value is -1.37. The maximum atomic E-state index is 11.9. The lowest BCUT2D eigenvalue weighted by Crippen LogP contribution is -2.57. The van der Waals surface area contributed by atoms with Crippen molar-refractivity contribution in [1.82, 2.24) is 10.1 Å². The average Bonchev–Trinajstić information content (AvgIpc) is 2.63. The molecular formula is C11H16N2O4S. The lowest BCUT2D eigenvalue weighted by Gasteiger charge is -2.38. The van der Waals surface area contributed by atoms with Gasteiger partial charge < -0.3 is 9.42 Å². The van der Waals surface area contributed by atoms with Crippen molar-refractivity contribution in [3.05, 3.63) is 18.0 Å². The zero-order valence-corrected chi connectivity index (χ0v) is 11.2. The highest BCUT2D eigenvalue weighted by atomic mass is 32.2. The predicted molar refractivity (Wildman–Crippen MR) is 64.8 cm³/mol. The van der Waals surface area contributed by atoms with Gasteiger partial charge in [0.1, 0.15) is 0 Å². The summed E-state index contributed by atoms with van der Waals surface area (Å²) in [5, 5.41) is 3.01. The van der Waals surface area contributed by atoms with E-state index in [2.05, 4.69) is 5.16 Å². The Bertz CT molecular complexity index is 515. The summed E-state index contributed by atoms with van der Waals surface area (Å²) in [6.45, 7) is 4.23. The second-order valence-electron chi connectivity index (χ2n) is 4.93. The molecule has 1 amide bonds. The molecule has 0 bridgehead atoms. The number of amides is 1. The lowest BCUT2D eigenvalue weighted by atomic mass is 10.2. The molecule has 18 heavy (non-hydrogen) atoms. The molecule has 0 aromatic carbocycles. The molecule has 6 nitrogen and oxygen atoms in total. The summed E-state index contributed by atoms with van der Waals surface area (Å²) < 4.78 is 28.6. The average molecular weight is 272 g/mol. The van der Waals surface area contributed by atoms with E-state index in [4.69, 9.17) is 4.52 Å². The lowest BCUT2D eigenvalue weighted by molar-refractivity contribution is 0.0616. The van der Waals surface area contributed by atoms with E-state index in [0.717, 1.165) is 0 Å². The summed E-state index contributed by atoms with van der Waals surface area (Å²) in [7, 11) is -3.10. The molecule has 1 aromatic heterocycles. The molecule has 0 aliphatic carbocycles. The van der Waals surface area contributed by atoms with Crippen molar-refractivity contribution in [2.24, 2.45) is 5.92 Å². The van der Waals surface area contributed by atoms with Gasteiger partial charge in [-0.3, -0.25) is 4.79 Å². The van der Waals surface area contributed by atoms with E-state index >= 15 is 0 Å². The van der Waals surface area contributed by atoms with Crippen molar-refractivity contribution in [1.29, 1.82) is 0 Å². The SMILES string of the molecule is CC(C)CS(=O)(=O)C1CN(C(=O)c2ccno2)C1. The van der Waals surface area contributed by atoms with Crippen LogP contribution in [-0.4, -0.2) is 48.5 Å². The van der Waals surface area contributed by atoms with Gasteiger partial charge in [0.2, 0.25) is 5.76 Å². The quantitative estimate of drug-likeness (QED) is 0.800. The Morgan fingerprint density at radius 1 is 1.56 bits per heavy atom. The molecule has 0 unspecified atom stereocenters. The molecule has 2 rings (SSSR count). The molecular weight excluding hydrogens is 256 g/mol. The van der Waals surface area contributed by atoms with Gasteiger partial charge in [0.05, 0.1) is 17.2 Å². The first-order chi connectivity index (χ1) is 8.40. The zero-order valence-electron chi connectivity index (χ0n) is 10.4. The van der Waals surface area contributed by atoms with Crippen LogP contribution in [0.4, 0.5) is 0 Å². The maximum Gasteiger partial charge on any atom is 0.292 e. The van der Waals surface area contributed by atoms with Gasteiger partial charge >= 0.3 is 0 Å². The van der Waals surface area contributed by atoms with Gasteiger partial charge in [-0.25, -0.2) is 8.42 Å². The highest BCUT2D eigenvalue weighted by Gasteiger charge is 2.40. The molecule has 1 aromatic rings. The fraction of sp³-hybridized carbons (Fsp3) is 0.636. The van der Waals surface area contributed by atoms with E-state index in [0.29, 0.717) is 0 Å². The predicted octanol–water partition coefficient (Wildman–Crippen LogP) is 0.570. The van der Waals surface area contributed by atoms with E-state index in [9.17, 15) is 13.2 Å². The van der Waals surface area contributed by atoms with Crippen LogP contribution in [0, 0.1) is 5.92 Å². The van der Waals surface area contributed by atoms with Gasteiger partial charge in [-0.15, -0.1) is 0 Å². The van der Waals surface area contributed by atoms with Crippen LogP contribution in [0.25, 0.3) is 0 Å². The van der Waals surface area contributed by atoms with Gasteiger partial charge in [-0.05, 0) is 5.92 Å². The first-order valence-electron chi connectivity index (χ1n) is 5.81. The van der Waals surface area contributed by atoms with Crippen molar-refractivity contribution in [3.63, 3.8) is 0 Å². The summed E-state index contributed by atoms with van der Waals surface area (Å²) >= 11 is 0. The number of hydrogen-bond acceptors (Lipinski definition) is 5. The Labute approximate surface area is 106 Å². The number of hydrogen-bond donors (Lipinski definition) is 0. The molecule has 0 saturated carbocycles. The van der Waals surface area contributed by atoms with Gasteiger partial charge in [0, 0.05) is 19.2 Å². The van der Waals surface area contributed by atoms with Crippen LogP contribution in [0.2, 0.25) is 0 Å². The van der Waals surface area contributed by atoms with Crippen LogP contribution in [0.5, 0.6) is 0 Å². The number of nitrogens with zero attached hydrogens (tertiary/aromatic N) is 2. The van der Waals surface area contributed by atoms with E-state index < -0.39 is 15.1 Å². The standard InChI is InChI=1S/C11H16N2O4S/c1-8(2)7-18(15,16)9-5-13(6-9)11(14)10-3-4-12-17-10/h3-4,8-9H,5-7H2,1-2H3. The minimum absolute atomic E-state index is 0.106. The van der Waals surface area contributed by atoms with Crippen LogP contribution in [0.15, 0.2) is 16.8 Å². The van der Waals surface area contributed by atoms with Crippen LogP contribution in [-0.2, 0) is 9.84 Å². The molecule has 1 fully saturated rings. The van der Waals surface area contributed by atoms with E-state index in [1.54, 1.807) is 0 Å². The smallest absolute Gasteiger partial charge is 0.292 e. The van der Waals surface area contributed by atoms with Crippen molar-refractivity contribution >= 4 is 15.7 Å². The highest BCUT2D eigenvalue weighted by molar-refractivity contribution is 7.92. The number of rotatable bonds is 4. The minimum atomic E-state index is -3.10. The molecule has 0 radical (unpaired) electrons. The number of sulfone groups is 1. The van der Waals surface area contributed by atoms with E-state index in [-0.39, 0.29) is 36.4 Å². The molecule has 2 heterocycles. The number of carbonyl (C=O) groups is 1. The molecule has 1 saturated heterocycles. The molecule has 1 aliphatic rings. The van der Waals surface area contributed by atoms with Crippen molar-refractivity contribution in [2.45, 2.75) is 19.1 Å².